The fourth-order valence-corrected chi connectivity index (χ4v) is 2.53. The predicted octanol–water partition coefficient (Wildman–Crippen LogP) is 2.91. The molecular weight excluding hydrogens is 354 g/mol. The highest BCUT2D eigenvalue weighted by Gasteiger charge is 2.12. The smallest absolute Gasteiger partial charge is 0.216 e. The first-order valence-electron chi connectivity index (χ1n) is 7.60. The summed E-state index contributed by atoms with van der Waals surface area (Å²) in [6.07, 6.45) is 4.99. The van der Waals surface area contributed by atoms with E-state index in [-0.39, 0.29) is 0 Å². The number of hydrogen-bond acceptors (Lipinski definition) is 7. The molecule has 134 valence electrons. The molecular formula is C17H17N5O3S. The number of benzene rings is 1. The van der Waals surface area contributed by atoms with E-state index in [1.54, 1.807) is 52.1 Å². The Morgan fingerprint density at radius 1 is 1.12 bits per heavy atom. The minimum atomic E-state index is 0.361. The van der Waals surface area contributed by atoms with Crippen molar-refractivity contribution in [1.29, 1.82) is 0 Å². The topological polar surface area (TPSA) is 86.5 Å². The molecule has 2 heterocycles. The lowest BCUT2D eigenvalue weighted by Gasteiger charge is -2.11. The number of hydrogen-bond donors (Lipinski definition) is 1. The van der Waals surface area contributed by atoms with E-state index in [0.717, 1.165) is 5.56 Å². The van der Waals surface area contributed by atoms with E-state index < -0.39 is 0 Å². The van der Waals surface area contributed by atoms with Crippen LogP contribution in [-0.2, 0) is 0 Å². The highest BCUT2D eigenvalue weighted by atomic mass is 32.1. The van der Waals surface area contributed by atoms with Crippen molar-refractivity contribution in [2.45, 2.75) is 0 Å². The van der Waals surface area contributed by atoms with E-state index >= 15 is 0 Å². The first-order chi connectivity index (χ1) is 12.7. The predicted molar refractivity (Wildman–Crippen MR) is 99.7 cm³/mol. The molecule has 1 N–H and O–H groups in total. The van der Waals surface area contributed by atoms with Crippen LogP contribution in [0.1, 0.15) is 5.56 Å². The number of aromatic amines is 1. The highest BCUT2D eigenvalue weighted by Crippen LogP contribution is 2.33. The summed E-state index contributed by atoms with van der Waals surface area (Å²) in [6.45, 7) is 0. The first-order valence-corrected chi connectivity index (χ1v) is 8.01. The average Bonchev–Trinajstić information content (AvgIpc) is 3.06. The lowest BCUT2D eigenvalue weighted by atomic mass is 10.2. The maximum Gasteiger partial charge on any atom is 0.216 e. The third-order valence-electron chi connectivity index (χ3n) is 3.62. The normalized spacial score (nSPS) is 10.9. The standard InChI is InChI=1S/C17H17N5O3S/c1-23-13-8-15(25-3)14(24-2)7-12(13)10-19-22-16(20-21-17(22)26)11-5-4-6-18-9-11/h4-10H,1-3H3,(H,21,26)/b19-10+. The van der Waals surface area contributed by atoms with Crippen molar-refractivity contribution in [3.63, 3.8) is 0 Å². The van der Waals surface area contributed by atoms with Gasteiger partial charge in [0.25, 0.3) is 0 Å². The van der Waals surface area contributed by atoms with Crippen molar-refractivity contribution in [2.75, 3.05) is 21.3 Å². The largest absolute Gasteiger partial charge is 0.496 e. The summed E-state index contributed by atoms with van der Waals surface area (Å²) in [6, 6.07) is 7.20. The fourth-order valence-electron chi connectivity index (χ4n) is 2.35. The van der Waals surface area contributed by atoms with Crippen LogP contribution in [0.3, 0.4) is 0 Å². The van der Waals surface area contributed by atoms with Crippen LogP contribution in [0.25, 0.3) is 11.4 Å². The summed E-state index contributed by atoms with van der Waals surface area (Å²) in [4.78, 5) is 4.10. The van der Waals surface area contributed by atoms with E-state index in [1.807, 2.05) is 12.1 Å². The SMILES string of the molecule is COc1cc(OC)c(OC)cc1/C=N/n1c(-c2cccnc2)n[nH]c1=S. The van der Waals surface area contributed by atoms with Crippen LogP contribution in [0, 0.1) is 4.77 Å². The zero-order chi connectivity index (χ0) is 18.5. The Hall–Kier alpha value is -3.20. The molecule has 8 nitrogen and oxygen atoms in total. The number of pyridine rings is 1. The quantitative estimate of drug-likeness (QED) is 0.530. The molecule has 0 fully saturated rings. The fraction of sp³-hybridized carbons (Fsp3) is 0.176. The minimum Gasteiger partial charge on any atom is -0.496 e. The molecule has 0 saturated heterocycles. The van der Waals surface area contributed by atoms with Crippen molar-refractivity contribution >= 4 is 18.4 Å². The van der Waals surface area contributed by atoms with Crippen LogP contribution in [0.4, 0.5) is 0 Å². The van der Waals surface area contributed by atoms with Crippen LogP contribution < -0.4 is 14.2 Å². The minimum absolute atomic E-state index is 0.361. The van der Waals surface area contributed by atoms with Crippen molar-refractivity contribution in [2.24, 2.45) is 5.10 Å². The van der Waals surface area contributed by atoms with Gasteiger partial charge in [-0.3, -0.25) is 4.98 Å². The van der Waals surface area contributed by atoms with Crippen LogP contribution in [-0.4, -0.2) is 47.4 Å². The summed E-state index contributed by atoms with van der Waals surface area (Å²) in [5.74, 6) is 2.28. The zero-order valence-electron chi connectivity index (χ0n) is 14.5. The Labute approximate surface area is 155 Å². The molecule has 0 saturated carbocycles. The Morgan fingerprint density at radius 2 is 1.85 bits per heavy atom. The maximum absolute atomic E-state index is 5.41. The van der Waals surface area contributed by atoms with E-state index in [0.29, 0.717) is 33.4 Å². The van der Waals surface area contributed by atoms with Gasteiger partial charge in [0.15, 0.2) is 17.3 Å². The lowest BCUT2D eigenvalue weighted by Crippen LogP contribution is -1.99. The van der Waals surface area contributed by atoms with Gasteiger partial charge in [0.05, 0.1) is 27.5 Å². The van der Waals surface area contributed by atoms with Gasteiger partial charge in [-0.15, -0.1) is 0 Å². The van der Waals surface area contributed by atoms with Crippen LogP contribution in [0.5, 0.6) is 17.2 Å². The van der Waals surface area contributed by atoms with Gasteiger partial charge in [-0.1, -0.05) is 0 Å². The summed E-state index contributed by atoms with van der Waals surface area (Å²) >= 11 is 5.27. The Bertz CT molecular complexity index is 982. The Morgan fingerprint density at radius 3 is 2.50 bits per heavy atom. The number of nitrogens with zero attached hydrogens (tertiary/aromatic N) is 4. The van der Waals surface area contributed by atoms with Gasteiger partial charge in [0.1, 0.15) is 5.75 Å². The molecule has 0 aliphatic rings. The van der Waals surface area contributed by atoms with Gasteiger partial charge < -0.3 is 14.2 Å². The number of ether oxygens (including phenoxy) is 3. The van der Waals surface area contributed by atoms with Crippen molar-refractivity contribution in [3.8, 4) is 28.6 Å². The van der Waals surface area contributed by atoms with Crippen molar-refractivity contribution < 1.29 is 14.2 Å². The lowest BCUT2D eigenvalue weighted by molar-refractivity contribution is 0.349. The summed E-state index contributed by atoms with van der Waals surface area (Å²) in [5, 5.41) is 11.4. The molecule has 2 aromatic heterocycles. The second-order valence-electron chi connectivity index (χ2n) is 5.10. The van der Waals surface area contributed by atoms with E-state index in [4.69, 9.17) is 26.4 Å². The van der Waals surface area contributed by atoms with Crippen LogP contribution >= 0.6 is 12.2 Å². The van der Waals surface area contributed by atoms with Gasteiger partial charge in [0, 0.05) is 29.6 Å². The van der Waals surface area contributed by atoms with Gasteiger partial charge >= 0.3 is 0 Å². The Kier molecular flexibility index (Phi) is 5.28. The molecule has 0 spiro atoms. The van der Waals surface area contributed by atoms with E-state index in [9.17, 15) is 0 Å². The Balaban J connectivity index is 2.04. The monoisotopic (exact) mass is 371 g/mol. The average molecular weight is 371 g/mol. The summed E-state index contributed by atoms with van der Waals surface area (Å²) in [5.41, 5.74) is 1.49. The summed E-state index contributed by atoms with van der Waals surface area (Å²) < 4.78 is 17.9. The van der Waals surface area contributed by atoms with Crippen molar-refractivity contribution in [3.05, 3.63) is 47.0 Å². The third-order valence-corrected chi connectivity index (χ3v) is 3.88. The molecule has 0 radical (unpaired) electrons. The molecule has 26 heavy (non-hydrogen) atoms. The second-order valence-corrected chi connectivity index (χ2v) is 5.49. The number of H-pyrrole nitrogens is 1. The molecule has 0 aliphatic heterocycles. The van der Waals surface area contributed by atoms with E-state index in [2.05, 4.69) is 20.3 Å². The van der Waals surface area contributed by atoms with Crippen LogP contribution in [0.2, 0.25) is 0 Å². The van der Waals surface area contributed by atoms with Gasteiger partial charge in [-0.05, 0) is 30.4 Å². The summed E-state index contributed by atoms with van der Waals surface area (Å²) in [7, 11) is 4.71. The van der Waals surface area contributed by atoms with Gasteiger partial charge in [0.2, 0.25) is 4.77 Å². The molecule has 0 amide bonds. The maximum atomic E-state index is 5.41. The second kappa shape index (κ2) is 7.79. The molecule has 0 unspecified atom stereocenters. The number of methoxy groups -OCH3 is 3. The van der Waals surface area contributed by atoms with Gasteiger partial charge in [-0.2, -0.15) is 14.9 Å². The molecule has 0 atom stereocenters. The molecule has 3 rings (SSSR count). The van der Waals surface area contributed by atoms with E-state index in [1.165, 1.54) is 4.68 Å². The molecule has 0 aliphatic carbocycles. The van der Waals surface area contributed by atoms with Crippen molar-refractivity contribution in [1.82, 2.24) is 19.9 Å². The highest BCUT2D eigenvalue weighted by molar-refractivity contribution is 7.71. The number of aromatic nitrogens is 4. The van der Waals surface area contributed by atoms with Gasteiger partial charge in [-0.25, -0.2) is 5.10 Å². The number of nitrogens with one attached hydrogen (secondary N) is 1. The molecule has 1 aromatic carbocycles. The molecule has 0 bridgehead atoms. The molecule has 3 aromatic rings. The molecule has 9 heteroatoms. The third kappa shape index (κ3) is 3.42. The zero-order valence-corrected chi connectivity index (χ0v) is 15.3. The number of rotatable bonds is 6. The van der Waals surface area contributed by atoms with Crippen LogP contribution in [0.15, 0.2) is 41.8 Å². The first kappa shape index (κ1) is 17.6.